The van der Waals surface area contributed by atoms with Gasteiger partial charge in [-0.05, 0) is 34.6 Å². The van der Waals surface area contributed by atoms with Crippen molar-refractivity contribution < 1.29 is 29.3 Å². The van der Waals surface area contributed by atoms with Crippen LogP contribution in [-0.2, 0) is 14.3 Å². The lowest BCUT2D eigenvalue weighted by atomic mass is 9.85. The summed E-state index contributed by atoms with van der Waals surface area (Å²) in [5.41, 5.74) is 1.72. The monoisotopic (exact) mass is 454 g/mol. The van der Waals surface area contributed by atoms with Crippen LogP contribution in [0.4, 0.5) is 4.79 Å². The van der Waals surface area contributed by atoms with E-state index < -0.39 is 41.6 Å². The summed E-state index contributed by atoms with van der Waals surface area (Å²) >= 11 is 0. The van der Waals surface area contributed by atoms with Crippen LogP contribution in [0.5, 0.6) is 0 Å². The zero-order valence-electron chi connectivity index (χ0n) is 19.2. The molecule has 0 saturated heterocycles. The number of aliphatic hydroxyl groups excluding tert-OH is 1. The number of hydrogen-bond donors (Lipinski definition) is 4. The Morgan fingerprint density at radius 2 is 1.48 bits per heavy atom. The Kier molecular flexibility index (Phi) is 6.78. The first-order chi connectivity index (χ1) is 15.5. The maximum absolute atomic E-state index is 12.8. The van der Waals surface area contributed by atoms with Gasteiger partial charge in [-0.2, -0.15) is 0 Å². The second kappa shape index (κ2) is 9.23. The number of fused-ring (bicyclic) bond motifs is 3. The van der Waals surface area contributed by atoms with E-state index in [1.807, 2.05) is 48.5 Å². The number of carbonyl (C=O) groups is 3. The van der Waals surface area contributed by atoms with Crippen LogP contribution >= 0.6 is 0 Å². The third-order valence-electron chi connectivity index (χ3n) is 5.92. The van der Waals surface area contributed by atoms with Crippen molar-refractivity contribution in [3.8, 4) is 11.1 Å². The summed E-state index contributed by atoms with van der Waals surface area (Å²) in [5, 5.41) is 23.6. The molecule has 1 aliphatic rings. The molecule has 8 heteroatoms. The molecule has 2 aromatic rings. The van der Waals surface area contributed by atoms with E-state index in [1.165, 1.54) is 6.92 Å². The van der Waals surface area contributed by atoms with Crippen LogP contribution in [0.15, 0.2) is 48.5 Å². The number of hydrogen-bond acceptors (Lipinski definition) is 5. The van der Waals surface area contributed by atoms with Gasteiger partial charge in [-0.1, -0.05) is 69.3 Å². The highest BCUT2D eigenvalue weighted by atomic mass is 16.5. The number of amides is 2. The van der Waals surface area contributed by atoms with E-state index in [-0.39, 0.29) is 12.5 Å². The number of benzene rings is 2. The van der Waals surface area contributed by atoms with Crippen LogP contribution in [-0.4, -0.2) is 53.0 Å². The van der Waals surface area contributed by atoms with Crippen LogP contribution < -0.4 is 10.6 Å². The molecule has 0 aliphatic heterocycles. The zero-order chi connectivity index (χ0) is 24.4. The van der Waals surface area contributed by atoms with E-state index >= 15 is 0 Å². The van der Waals surface area contributed by atoms with Crippen LogP contribution in [0.2, 0.25) is 0 Å². The second-order valence-corrected chi connectivity index (χ2v) is 9.55. The van der Waals surface area contributed by atoms with Gasteiger partial charge >= 0.3 is 12.1 Å². The van der Waals surface area contributed by atoms with Crippen molar-refractivity contribution in [1.29, 1.82) is 0 Å². The van der Waals surface area contributed by atoms with Gasteiger partial charge in [0.15, 0.2) is 5.54 Å². The molecule has 2 aromatic carbocycles. The molecule has 176 valence electrons. The number of carboxylic acid groups (broad SMARTS) is 1. The molecule has 0 heterocycles. The first-order valence-corrected chi connectivity index (χ1v) is 10.8. The van der Waals surface area contributed by atoms with Crippen molar-refractivity contribution in [2.24, 2.45) is 5.41 Å². The molecule has 1 unspecified atom stereocenters. The summed E-state index contributed by atoms with van der Waals surface area (Å²) in [5.74, 6) is -2.24. The van der Waals surface area contributed by atoms with Gasteiger partial charge in [0, 0.05) is 5.92 Å². The minimum atomic E-state index is -1.87. The van der Waals surface area contributed by atoms with E-state index in [9.17, 15) is 24.6 Å². The molecule has 1 aliphatic carbocycles. The predicted octanol–water partition coefficient (Wildman–Crippen LogP) is 2.89. The Morgan fingerprint density at radius 3 is 1.94 bits per heavy atom. The van der Waals surface area contributed by atoms with Gasteiger partial charge in [-0.25, -0.2) is 9.59 Å². The van der Waals surface area contributed by atoms with Crippen molar-refractivity contribution in [2.45, 2.75) is 45.2 Å². The fraction of sp³-hybridized carbons (Fsp3) is 0.400. The van der Waals surface area contributed by atoms with Gasteiger partial charge < -0.3 is 25.6 Å². The summed E-state index contributed by atoms with van der Waals surface area (Å²) in [6.07, 6.45) is -0.784. The molecular weight excluding hydrogens is 424 g/mol. The number of carboxylic acids is 1. The van der Waals surface area contributed by atoms with Crippen molar-refractivity contribution >= 4 is 18.0 Å². The van der Waals surface area contributed by atoms with Crippen LogP contribution in [0, 0.1) is 5.41 Å². The van der Waals surface area contributed by atoms with Crippen LogP contribution in [0.3, 0.4) is 0 Å². The number of nitrogens with one attached hydrogen (secondary N) is 2. The largest absolute Gasteiger partial charge is 0.479 e. The lowest BCUT2D eigenvalue weighted by Gasteiger charge is -2.33. The molecule has 0 fully saturated rings. The number of alkyl carbamates (subject to hydrolysis) is 1. The zero-order valence-corrected chi connectivity index (χ0v) is 19.2. The highest BCUT2D eigenvalue weighted by Crippen LogP contribution is 2.44. The van der Waals surface area contributed by atoms with Crippen molar-refractivity contribution in [2.75, 3.05) is 13.2 Å². The van der Waals surface area contributed by atoms with E-state index in [4.69, 9.17) is 4.74 Å². The van der Waals surface area contributed by atoms with Crippen molar-refractivity contribution in [3.05, 3.63) is 59.7 Å². The summed E-state index contributed by atoms with van der Waals surface area (Å²) in [4.78, 5) is 37.0. The van der Waals surface area contributed by atoms with Crippen LogP contribution in [0.1, 0.15) is 44.7 Å². The average Bonchev–Trinajstić information content (AvgIpc) is 3.08. The van der Waals surface area contributed by atoms with Gasteiger partial charge in [0.1, 0.15) is 12.6 Å². The number of rotatable bonds is 7. The van der Waals surface area contributed by atoms with Crippen molar-refractivity contribution in [1.82, 2.24) is 10.6 Å². The molecule has 8 nitrogen and oxygen atoms in total. The SMILES string of the molecule is CC(CO)(NC(=O)[C@@H](NC(=O)OCC1c2ccccc2-c2ccccc21)C(C)(C)C)C(=O)O. The highest BCUT2D eigenvalue weighted by molar-refractivity contribution is 5.91. The fourth-order valence-electron chi connectivity index (χ4n) is 3.94. The molecule has 33 heavy (non-hydrogen) atoms. The number of carbonyl (C=O) groups excluding carboxylic acids is 2. The molecule has 2 amide bonds. The van der Waals surface area contributed by atoms with Gasteiger partial charge in [0.2, 0.25) is 5.91 Å². The second-order valence-electron chi connectivity index (χ2n) is 9.55. The van der Waals surface area contributed by atoms with E-state index in [1.54, 1.807) is 20.8 Å². The normalized spacial score (nSPS) is 15.5. The maximum Gasteiger partial charge on any atom is 0.407 e. The smallest absolute Gasteiger partial charge is 0.407 e. The summed E-state index contributed by atoms with van der Waals surface area (Å²) in [6, 6.07) is 14.8. The summed E-state index contributed by atoms with van der Waals surface area (Å²) in [7, 11) is 0. The third kappa shape index (κ3) is 5.01. The molecule has 3 rings (SSSR count). The van der Waals surface area contributed by atoms with Gasteiger partial charge in [-0.3, -0.25) is 4.79 Å². The third-order valence-corrected chi connectivity index (χ3v) is 5.92. The lowest BCUT2D eigenvalue weighted by molar-refractivity contribution is -0.149. The Bertz CT molecular complexity index is 1020. The quantitative estimate of drug-likeness (QED) is 0.510. The molecule has 0 bridgehead atoms. The standard InChI is InChI=1S/C25H30N2O6/c1-24(2,3)20(21(29)27-25(4,14-28)22(30)31)26-23(32)33-13-19-17-11-7-5-9-15(17)16-10-6-8-12-18(16)19/h5-12,19-20,28H,13-14H2,1-4H3,(H,26,32)(H,27,29)(H,30,31)/t20-,25?/m1/s1. The lowest BCUT2D eigenvalue weighted by Crippen LogP contribution is -2.62. The number of aliphatic hydroxyl groups is 1. The van der Waals surface area contributed by atoms with E-state index in [0.717, 1.165) is 22.3 Å². The fourth-order valence-corrected chi connectivity index (χ4v) is 3.94. The minimum Gasteiger partial charge on any atom is -0.479 e. The maximum atomic E-state index is 12.8. The summed E-state index contributed by atoms with van der Waals surface area (Å²) < 4.78 is 5.52. The highest BCUT2D eigenvalue weighted by Gasteiger charge is 2.40. The first kappa shape index (κ1) is 24.3. The summed E-state index contributed by atoms with van der Waals surface area (Å²) in [6.45, 7) is 5.69. The Balaban J connectivity index is 1.72. The number of aliphatic carboxylic acids is 1. The molecule has 0 saturated carbocycles. The molecule has 0 aromatic heterocycles. The van der Waals surface area contributed by atoms with Crippen molar-refractivity contribution in [3.63, 3.8) is 0 Å². The van der Waals surface area contributed by atoms with E-state index in [0.29, 0.717) is 0 Å². The minimum absolute atomic E-state index is 0.0851. The molecular formula is C25H30N2O6. The molecule has 0 spiro atoms. The number of ether oxygens (including phenoxy) is 1. The van der Waals surface area contributed by atoms with E-state index in [2.05, 4.69) is 10.6 Å². The average molecular weight is 455 g/mol. The van der Waals surface area contributed by atoms with Gasteiger partial charge in [0.05, 0.1) is 6.61 Å². The first-order valence-electron chi connectivity index (χ1n) is 10.8. The van der Waals surface area contributed by atoms with Gasteiger partial charge in [-0.15, -0.1) is 0 Å². The Labute approximate surface area is 193 Å². The Hall–Kier alpha value is -3.39. The van der Waals surface area contributed by atoms with Crippen LogP contribution in [0.25, 0.3) is 11.1 Å². The molecule has 4 N–H and O–H groups in total. The predicted molar refractivity (Wildman–Crippen MR) is 123 cm³/mol. The molecule has 2 atom stereocenters. The molecule has 0 radical (unpaired) electrons. The Morgan fingerprint density at radius 1 is 0.970 bits per heavy atom. The van der Waals surface area contributed by atoms with Gasteiger partial charge in [0.25, 0.3) is 0 Å². The topological polar surface area (TPSA) is 125 Å².